The number of rotatable bonds is 5. The fraction of sp³-hybridized carbons (Fsp3) is 0.409. The third kappa shape index (κ3) is 3.87. The van der Waals surface area contributed by atoms with Crippen LogP contribution in [0, 0.1) is 13.8 Å². The zero-order valence-electron chi connectivity index (χ0n) is 17.0. The number of benzene rings is 1. The molecule has 0 aliphatic carbocycles. The molecule has 0 aliphatic rings. The number of hydrogen-bond donors (Lipinski definition) is 1. The minimum absolute atomic E-state index is 0.0354. The van der Waals surface area contributed by atoms with E-state index in [9.17, 15) is 9.59 Å². The number of hydrogen-bond acceptors (Lipinski definition) is 4. The number of thiophene rings is 1. The Labute approximate surface area is 168 Å². The van der Waals surface area contributed by atoms with Crippen LogP contribution in [-0.2, 0) is 16.8 Å². The van der Waals surface area contributed by atoms with Crippen molar-refractivity contribution in [3.05, 3.63) is 50.9 Å². The lowest BCUT2D eigenvalue weighted by Gasteiger charge is -2.19. The van der Waals surface area contributed by atoms with E-state index < -0.39 is 5.97 Å². The van der Waals surface area contributed by atoms with Crippen molar-refractivity contribution < 1.29 is 9.90 Å². The number of carboxylic acids is 1. The van der Waals surface area contributed by atoms with E-state index in [0.29, 0.717) is 24.2 Å². The summed E-state index contributed by atoms with van der Waals surface area (Å²) in [5.41, 5.74) is 3.17. The summed E-state index contributed by atoms with van der Waals surface area (Å²) in [5, 5.41) is 9.51. The van der Waals surface area contributed by atoms with Gasteiger partial charge in [0.2, 0.25) is 0 Å². The van der Waals surface area contributed by atoms with Gasteiger partial charge in [-0.1, -0.05) is 45.0 Å². The van der Waals surface area contributed by atoms with E-state index in [2.05, 4.69) is 50.0 Å². The molecule has 1 aromatic carbocycles. The van der Waals surface area contributed by atoms with Gasteiger partial charge in [-0.25, -0.2) is 4.98 Å². The van der Waals surface area contributed by atoms with Crippen LogP contribution in [0.4, 0.5) is 0 Å². The first-order chi connectivity index (χ1) is 13.1. The molecule has 6 heteroatoms. The predicted octanol–water partition coefficient (Wildman–Crippen LogP) is 4.90. The number of carboxylic acid groups (broad SMARTS) is 1. The second kappa shape index (κ2) is 7.51. The van der Waals surface area contributed by atoms with Crippen molar-refractivity contribution in [2.45, 2.75) is 59.4 Å². The molecule has 0 bridgehead atoms. The molecule has 2 heterocycles. The molecule has 0 amide bonds. The summed E-state index contributed by atoms with van der Waals surface area (Å²) >= 11 is 1.53. The molecule has 0 spiro atoms. The summed E-state index contributed by atoms with van der Waals surface area (Å²) in [5.74, 6) is -0.232. The van der Waals surface area contributed by atoms with E-state index in [0.717, 1.165) is 20.8 Å². The largest absolute Gasteiger partial charge is 0.481 e. The molecule has 3 rings (SSSR count). The van der Waals surface area contributed by atoms with E-state index in [4.69, 9.17) is 5.11 Å². The van der Waals surface area contributed by atoms with Gasteiger partial charge in [0.05, 0.1) is 5.39 Å². The van der Waals surface area contributed by atoms with Crippen molar-refractivity contribution in [3.63, 3.8) is 0 Å². The molecule has 0 atom stereocenters. The molecule has 28 heavy (non-hydrogen) atoms. The van der Waals surface area contributed by atoms with Gasteiger partial charge in [-0.2, -0.15) is 0 Å². The second-order valence-corrected chi connectivity index (χ2v) is 9.36. The third-order valence-corrected chi connectivity index (χ3v) is 5.99. The third-order valence-electron chi connectivity index (χ3n) is 4.99. The van der Waals surface area contributed by atoms with Gasteiger partial charge in [0.1, 0.15) is 10.7 Å². The van der Waals surface area contributed by atoms with Gasteiger partial charge < -0.3 is 5.11 Å². The Morgan fingerprint density at radius 3 is 2.39 bits per heavy atom. The number of aliphatic carboxylic acids is 1. The van der Waals surface area contributed by atoms with Crippen LogP contribution < -0.4 is 5.56 Å². The van der Waals surface area contributed by atoms with Crippen molar-refractivity contribution in [3.8, 4) is 11.1 Å². The molecule has 0 aliphatic heterocycles. The number of aryl methyl sites for hydroxylation is 2. The quantitative estimate of drug-likeness (QED) is 0.663. The van der Waals surface area contributed by atoms with E-state index >= 15 is 0 Å². The predicted molar refractivity (Wildman–Crippen MR) is 114 cm³/mol. The van der Waals surface area contributed by atoms with E-state index in [1.807, 2.05) is 6.92 Å². The first kappa shape index (κ1) is 20.3. The summed E-state index contributed by atoms with van der Waals surface area (Å²) in [6.07, 6.45) is 0.440. The van der Waals surface area contributed by atoms with Crippen molar-refractivity contribution in [1.82, 2.24) is 9.55 Å². The lowest BCUT2D eigenvalue weighted by atomic mass is 9.86. The van der Waals surface area contributed by atoms with Crippen molar-refractivity contribution in [2.75, 3.05) is 0 Å². The SMILES string of the molecule is Cc1sc2nc(C)n(CCCC(=O)O)c(=O)c2c1-c1ccc(C(C)(C)C)cc1. The zero-order valence-corrected chi connectivity index (χ0v) is 17.8. The summed E-state index contributed by atoms with van der Waals surface area (Å²) in [6.45, 7) is 10.7. The number of aromatic nitrogens is 2. The van der Waals surface area contributed by atoms with E-state index in [-0.39, 0.29) is 17.4 Å². The van der Waals surface area contributed by atoms with E-state index in [1.54, 1.807) is 11.5 Å². The molecule has 148 valence electrons. The van der Waals surface area contributed by atoms with E-state index in [1.165, 1.54) is 16.9 Å². The highest BCUT2D eigenvalue weighted by atomic mass is 32.1. The number of nitrogens with zero attached hydrogens (tertiary/aromatic N) is 2. The van der Waals surface area contributed by atoms with Crippen LogP contribution >= 0.6 is 11.3 Å². The van der Waals surface area contributed by atoms with Gasteiger partial charge in [-0.3, -0.25) is 14.2 Å². The molecule has 2 aromatic heterocycles. The van der Waals surface area contributed by atoms with Crippen molar-refractivity contribution in [2.24, 2.45) is 0 Å². The topological polar surface area (TPSA) is 72.2 Å². The van der Waals surface area contributed by atoms with Gasteiger partial charge >= 0.3 is 5.97 Å². The van der Waals surface area contributed by atoms with Gasteiger partial charge in [-0.05, 0) is 36.8 Å². The molecule has 0 unspecified atom stereocenters. The lowest BCUT2D eigenvalue weighted by Crippen LogP contribution is -2.24. The van der Waals surface area contributed by atoms with Crippen LogP contribution in [0.25, 0.3) is 21.3 Å². The smallest absolute Gasteiger partial charge is 0.303 e. The molecular weight excluding hydrogens is 372 g/mol. The zero-order chi connectivity index (χ0) is 20.6. The Hall–Kier alpha value is -2.47. The molecule has 0 radical (unpaired) electrons. The minimum atomic E-state index is -0.856. The maximum absolute atomic E-state index is 13.2. The maximum atomic E-state index is 13.2. The van der Waals surface area contributed by atoms with Gasteiger partial charge in [0, 0.05) is 23.4 Å². The first-order valence-corrected chi connectivity index (χ1v) is 10.2. The second-order valence-electron chi connectivity index (χ2n) is 8.15. The molecule has 0 saturated heterocycles. The number of carbonyl (C=O) groups is 1. The lowest BCUT2D eigenvalue weighted by molar-refractivity contribution is -0.137. The van der Waals surface area contributed by atoms with Gasteiger partial charge in [0.25, 0.3) is 5.56 Å². The Morgan fingerprint density at radius 2 is 1.82 bits per heavy atom. The Bertz CT molecular complexity index is 1090. The Balaban J connectivity index is 2.12. The molecule has 1 N–H and O–H groups in total. The van der Waals surface area contributed by atoms with Crippen LogP contribution in [0.3, 0.4) is 0 Å². The molecular formula is C22H26N2O3S. The standard InChI is InChI=1S/C22H26N2O3S/c1-13-18(15-8-10-16(11-9-15)22(3,4)5)19-20(28-13)23-14(2)24(21(19)27)12-6-7-17(25)26/h8-11H,6-7,12H2,1-5H3,(H,25,26). The Kier molecular flexibility index (Phi) is 5.44. The fourth-order valence-electron chi connectivity index (χ4n) is 3.43. The summed E-state index contributed by atoms with van der Waals surface area (Å²) < 4.78 is 1.60. The van der Waals surface area contributed by atoms with Crippen LogP contribution in [0.5, 0.6) is 0 Å². The summed E-state index contributed by atoms with van der Waals surface area (Å²) in [4.78, 5) is 30.5. The van der Waals surface area contributed by atoms with Crippen molar-refractivity contribution >= 4 is 27.5 Å². The molecule has 5 nitrogen and oxygen atoms in total. The van der Waals surface area contributed by atoms with Gasteiger partial charge in [0.15, 0.2) is 0 Å². The average Bonchev–Trinajstić information content (AvgIpc) is 2.92. The van der Waals surface area contributed by atoms with Crippen LogP contribution in [0.15, 0.2) is 29.1 Å². The van der Waals surface area contributed by atoms with Gasteiger partial charge in [-0.15, -0.1) is 11.3 Å². The minimum Gasteiger partial charge on any atom is -0.481 e. The highest BCUT2D eigenvalue weighted by Crippen LogP contribution is 2.36. The maximum Gasteiger partial charge on any atom is 0.303 e. The summed E-state index contributed by atoms with van der Waals surface area (Å²) in [6, 6.07) is 8.38. The summed E-state index contributed by atoms with van der Waals surface area (Å²) in [7, 11) is 0. The highest BCUT2D eigenvalue weighted by Gasteiger charge is 2.20. The molecule has 0 saturated carbocycles. The molecule has 3 aromatic rings. The van der Waals surface area contributed by atoms with Crippen LogP contribution in [0.1, 0.15) is 49.9 Å². The van der Waals surface area contributed by atoms with Crippen molar-refractivity contribution in [1.29, 1.82) is 0 Å². The number of fused-ring (bicyclic) bond motifs is 1. The van der Waals surface area contributed by atoms with Crippen LogP contribution in [0.2, 0.25) is 0 Å². The Morgan fingerprint density at radius 1 is 1.18 bits per heavy atom. The first-order valence-electron chi connectivity index (χ1n) is 9.43. The normalized spacial score (nSPS) is 11.9. The highest BCUT2D eigenvalue weighted by molar-refractivity contribution is 7.19. The monoisotopic (exact) mass is 398 g/mol. The molecule has 0 fully saturated rings. The fourth-order valence-corrected chi connectivity index (χ4v) is 4.51. The van der Waals surface area contributed by atoms with Crippen LogP contribution in [-0.4, -0.2) is 20.6 Å². The average molecular weight is 399 g/mol.